The summed E-state index contributed by atoms with van der Waals surface area (Å²) in [5.74, 6) is 1.36. The van der Waals surface area contributed by atoms with Crippen molar-refractivity contribution in [1.29, 1.82) is 0 Å². The molecule has 0 aromatic carbocycles. The Morgan fingerprint density at radius 2 is 1.86 bits per heavy atom. The predicted octanol–water partition coefficient (Wildman–Crippen LogP) is 3.66. The van der Waals surface area contributed by atoms with Crippen LogP contribution in [0.5, 0.6) is 0 Å². The molecule has 0 unspecified atom stereocenters. The van der Waals surface area contributed by atoms with Crippen LogP contribution in [0.25, 0.3) is 0 Å². The van der Waals surface area contributed by atoms with E-state index < -0.39 is 0 Å². The van der Waals surface area contributed by atoms with E-state index in [1.54, 1.807) is 0 Å². The first-order chi connectivity index (χ1) is 10.3. The highest BCUT2D eigenvalue weighted by molar-refractivity contribution is 6.28. The van der Waals surface area contributed by atoms with Crippen molar-refractivity contribution in [3.05, 3.63) is 11.6 Å². The monoisotopic (exact) mass is 325 g/mol. The predicted molar refractivity (Wildman–Crippen MR) is 91.2 cm³/mol. The van der Waals surface area contributed by atoms with Crippen LogP contribution in [0.3, 0.4) is 0 Å². The van der Waals surface area contributed by atoms with E-state index in [0.717, 1.165) is 18.9 Å². The summed E-state index contributed by atoms with van der Waals surface area (Å²) in [4.78, 5) is 11.8. The molecule has 124 valence electrons. The highest BCUT2D eigenvalue weighted by Gasteiger charge is 2.36. The molecule has 0 bridgehead atoms. The summed E-state index contributed by atoms with van der Waals surface area (Å²) in [6.45, 7) is 10.1. The van der Waals surface area contributed by atoms with Crippen molar-refractivity contribution in [3.8, 4) is 0 Å². The van der Waals surface area contributed by atoms with Gasteiger partial charge in [0.1, 0.15) is 6.33 Å². The van der Waals surface area contributed by atoms with Gasteiger partial charge < -0.3 is 10.6 Å². The molecule has 1 aromatic heterocycles. The molecule has 1 aromatic rings. The highest BCUT2D eigenvalue weighted by atomic mass is 35.5. The van der Waals surface area contributed by atoms with Gasteiger partial charge in [0, 0.05) is 17.6 Å². The summed E-state index contributed by atoms with van der Waals surface area (Å²) in [7, 11) is 0. The molecule has 0 aliphatic carbocycles. The fraction of sp³-hybridized carbons (Fsp3) is 0.812. The summed E-state index contributed by atoms with van der Waals surface area (Å²) in [5, 5.41) is 7.17. The Bertz CT molecular complexity index is 473. The Balaban J connectivity index is 1.68. The fourth-order valence-corrected chi connectivity index (χ4v) is 3.98. The molecule has 22 heavy (non-hydrogen) atoms. The molecule has 0 amide bonds. The van der Waals surface area contributed by atoms with E-state index in [1.807, 2.05) is 0 Å². The molecule has 1 aliphatic heterocycles. The first kappa shape index (κ1) is 17.4. The number of nitrogens with one attached hydrogen (secondary N) is 2. The third-order valence-electron chi connectivity index (χ3n) is 4.14. The number of hydrogen-bond acceptors (Lipinski definition) is 5. The maximum atomic E-state index is 5.73. The second-order valence-corrected chi connectivity index (χ2v) is 8.01. The highest BCUT2D eigenvalue weighted by Crippen LogP contribution is 2.35. The minimum absolute atomic E-state index is 0.233. The smallest absolute Gasteiger partial charge is 0.227 e. The van der Waals surface area contributed by atoms with Gasteiger partial charge in [0.2, 0.25) is 11.2 Å². The van der Waals surface area contributed by atoms with Gasteiger partial charge in [-0.1, -0.05) is 12.8 Å². The Labute approximate surface area is 138 Å². The SMILES string of the molecule is CC1(C)CC(CCCCNc2ncnc(Cl)n2)CC(C)(C)N1. The normalized spacial score (nSPS) is 20.8. The number of hydrogen-bond donors (Lipinski definition) is 2. The third-order valence-corrected chi connectivity index (χ3v) is 4.32. The molecule has 1 saturated heterocycles. The summed E-state index contributed by atoms with van der Waals surface area (Å²) >= 11 is 5.73. The Morgan fingerprint density at radius 3 is 2.50 bits per heavy atom. The maximum Gasteiger partial charge on any atom is 0.227 e. The lowest BCUT2D eigenvalue weighted by Gasteiger charge is -2.46. The van der Waals surface area contributed by atoms with Gasteiger partial charge in [-0.2, -0.15) is 4.98 Å². The van der Waals surface area contributed by atoms with Crippen molar-refractivity contribution in [3.63, 3.8) is 0 Å². The van der Waals surface area contributed by atoms with Crippen molar-refractivity contribution in [1.82, 2.24) is 20.3 Å². The fourth-order valence-electron chi connectivity index (χ4n) is 3.86. The van der Waals surface area contributed by atoms with Crippen LogP contribution in [0.2, 0.25) is 5.28 Å². The summed E-state index contributed by atoms with van der Waals surface area (Å²) in [6, 6.07) is 0. The summed E-state index contributed by atoms with van der Waals surface area (Å²) < 4.78 is 0. The summed E-state index contributed by atoms with van der Waals surface area (Å²) in [6.07, 6.45) is 7.57. The van der Waals surface area contributed by atoms with Crippen molar-refractivity contribution in [2.45, 2.75) is 70.9 Å². The van der Waals surface area contributed by atoms with Crippen molar-refractivity contribution in [2.75, 3.05) is 11.9 Å². The van der Waals surface area contributed by atoms with Crippen LogP contribution in [-0.4, -0.2) is 32.6 Å². The molecule has 1 fully saturated rings. The zero-order valence-electron chi connectivity index (χ0n) is 14.1. The average Bonchev–Trinajstić information content (AvgIpc) is 2.34. The van der Waals surface area contributed by atoms with Crippen LogP contribution in [-0.2, 0) is 0 Å². The van der Waals surface area contributed by atoms with Crippen LogP contribution >= 0.6 is 11.6 Å². The van der Waals surface area contributed by atoms with E-state index in [4.69, 9.17) is 11.6 Å². The lowest BCUT2D eigenvalue weighted by atomic mass is 9.74. The first-order valence-electron chi connectivity index (χ1n) is 8.14. The van der Waals surface area contributed by atoms with Crippen LogP contribution in [0.4, 0.5) is 5.95 Å². The largest absolute Gasteiger partial charge is 0.354 e. The number of unbranched alkanes of at least 4 members (excludes halogenated alkanes) is 1. The summed E-state index contributed by atoms with van der Waals surface area (Å²) in [5.41, 5.74) is 0.485. The molecule has 6 heteroatoms. The van der Waals surface area contributed by atoms with Gasteiger partial charge in [0.05, 0.1) is 0 Å². The quantitative estimate of drug-likeness (QED) is 0.781. The molecule has 1 aliphatic rings. The maximum absolute atomic E-state index is 5.73. The molecule has 0 atom stereocenters. The molecule has 0 saturated carbocycles. The first-order valence-corrected chi connectivity index (χ1v) is 8.51. The molecule has 0 radical (unpaired) electrons. The molecule has 2 N–H and O–H groups in total. The van der Waals surface area contributed by atoms with Crippen LogP contribution in [0.15, 0.2) is 6.33 Å². The second kappa shape index (κ2) is 7.09. The Morgan fingerprint density at radius 1 is 1.18 bits per heavy atom. The van der Waals surface area contributed by atoms with E-state index in [2.05, 4.69) is 53.3 Å². The van der Waals surface area contributed by atoms with Crippen LogP contribution < -0.4 is 10.6 Å². The van der Waals surface area contributed by atoms with E-state index >= 15 is 0 Å². The minimum atomic E-state index is 0.233. The topological polar surface area (TPSA) is 62.7 Å². The lowest BCUT2D eigenvalue weighted by molar-refractivity contribution is 0.122. The van der Waals surface area contributed by atoms with Gasteiger partial charge in [0.25, 0.3) is 0 Å². The lowest BCUT2D eigenvalue weighted by Crippen LogP contribution is -2.57. The number of anilines is 1. The van der Waals surface area contributed by atoms with E-state index in [-0.39, 0.29) is 16.4 Å². The van der Waals surface area contributed by atoms with E-state index in [0.29, 0.717) is 5.95 Å². The molecular formula is C16H28ClN5. The Hall–Kier alpha value is -0.940. The number of halogens is 1. The van der Waals surface area contributed by atoms with Crippen LogP contribution in [0, 0.1) is 5.92 Å². The minimum Gasteiger partial charge on any atom is -0.354 e. The van der Waals surface area contributed by atoms with E-state index in [9.17, 15) is 0 Å². The molecule has 0 spiro atoms. The average molecular weight is 326 g/mol. The number of rotatable bonds is 6. The van der Waals surface area contributed by atoms with Gasteiger partial charge in [-0.25, -0.2) is 9.97 Å². The standard InChI is InChI=1S/C16H28ClN5/c1-15(2)9-12(10-16(3,4)22-15)7-5-6-8-18-14-20-11-19-13(17)21-14/h11-12,22H,5-10H2,1-4H3,(H,18,19,20,21). The molecule has 2 heterocycles. The van der Waals surface area contributed by atoms with Gasteiger partial charge in [-0.05, 0) is 64.5 Å². The molecule has 2 rings (SSSR count). The Kier molecular flexibility index (Phi) is 5.61. The van der Waals surface area contributed by atoms with Gasteiger partial charge >= 0.3 is 0 Å². The molecular weight excluding hydrogens is 298 g/mol. The van der Waals surface area contributed by atoms with Crippen molar-refractivity contribution < 1.29 is 0 Å². The van der Waals surface area contributed by atoms with Gasteiger partial charge in [-0.3, -0.25) is 0 Å². The number of nitrogens with zero attached hydrogens (tertiary/aromatic N) is 3. The van der Waals surface area contributed by atoms with Crippen LogP contribution in [0.1, 0.15) is 59.8 Å². The van der Waals surface area contributed by atoms with Crippen molar-refractivity contribution >= 4 is 17.5 Å². The van der Waals surface area contributed by atoms with E-state index in [1.165, 1.54) is 32.0 Å². The number of piperidine rings is 1. The van der Waals surface area contributed by atoms with Gasteiger partial charge in [0.15, 0.2) is 0 Å². The zero-order valence-corrected chi connectivity index (χ0v) is 14.9. The number of aromatic nitrogens is 3. The van der Waals surface area contributed by atoms with Gasteiger partial charge in [-0.15, -0.1) is 0 Å². The van der Waals surface area contributed by atoms with Crippen molar-refractivity contribution in [2.24, 2.45) is 5.92 Å². The molecule has 5 nitrogen and oxygen atoms in total. The second-order valence-electron chi connectivity index (χ2n) is 7.67. The zero-order chi connectivity index (χ0) is 16.2. The third kappa shape index (κ3) is 5.69.